The largest absolute Gasteiger partial charge is 1.00 e. The predicted molar refractivity (Wildman–Crippen MR) is 482 cm³/mol. The second-order valence-electron chi connectivity index (χ2n) is 38.1. The molecule has 0 aromatic carbocycles. The fourth-order valence-electron chi connectivity index (χ4n) is 13.9. The van der Waals surface area contributed by atoms with Crippen molar-refractivity contribution in [3.63, 3.8) is 0 Å². The molecule has 0 spiro atoms. The second-order valence-corrected chi connectivity index (χ2v) is 38.1. The van der Waals surface area contributed by atoms with Crippen LogP contribution in [-0.4, -0.2) is 393 Å². The highest BCUT2D eigenvalue weighted by Gasteiger charge is 2.32. The first-order chi connectivity index (χ1) is 55.5. The third kappa shape index (κ3) is 61.3. The molecular formula is C88H184BrClN18O12. The Hall–Kier alpha value is -4.09. The van der Waals surface area contributed by atoms with Crippen molar-refractivity contribution in [1.82, 2.24) is 81.7 Å². The van der Waals surface area contributed by atoms with E-state index in [1.54, 1.807) is 29.4 Å². The zero-order chi connectivity index (χ0) is 88.8. The molecule has 0 bridgehead atoms. The molecule has 4 fully saturated rings. The summed E-state index contributed by atoms with van der Waals surface area (Å²) in [5.74, 6) is 0. The van der Waals surface area contributed by atoms with Crippen molar-refractivity contribution < 1.29 is 95.5 Å². The van der Waals surface area contributed by atoms with Crippen molar-refractivity contribution >= 4 is 36.6 Å². The molecule has 0 unspecified atom stereocenters. The summed E-state index contributed by atoms with van der Waals surface area (Å²) in [5, 5.41) is 27.7. The lowest BCUT2D eigenvalue weighted by molar-refractivity contribution is -0.923. The van der Waals surface area contributed by atoms with Gasteiger partial charge in [-0.3, -0.25) is 0 Å². The van der Waals surface area contributed by atoms with Crippen LogP contribution in [0, 0.1) is 0 Å². The number of hydrogen-bond donors (Lipinski definition) is 8. The van der Waals surface area contributed by atoms with E-state index in [4.69, 9.17) is 28.4 Å². The lowest BCUT2D eigenvalue weighted by Crippen LogP contribution is -3.00. The summed E-state index contributed by atoms with van der Waals surface area (Å²) in [7, 11) is 0. The number of nitrogens with one attached hydrogen (secondary N) is 8. The molecule has 120 heavy (non-hydrogen) atoms. The number of quaternary nitrogens is 2. The quantitative estimate of drug-likeness (QED) is 0.0884. The standard InChI is InChI=1S/C34H68N5O6.C25H48N4O6.C19H44N5.C10H24N4.BrH.ClH/c1-13-39(14-2,15-3)28-18-20-35-19-16-21-37(30(41)44-33(7,8)9)26-27-38(31(42)45-34(10,11)12)23-17-22-36(25-24-35)29(40)43-32(4,5)6;1-23(2,3)33-20(30)27-15-11-16-29(22(32)35-25(7,8)9)19-18-28(14-10-12-26-13-17-27)21(31)34-24(4,5)6;1-4-24(5-2,6-3)19-9-17-23-16-8-12-21-14-13-20-10-7-11-22-15-18-23;1-3-11-7-9-13-5-2-6-14-10-8-12-4-1;;/h13-28H2,1-12H3;26H,10-19H2,1-9H3;20-22H,4-19H2,1-3H3;11-14H,1-10H2;2*1H/q+1;;+1;;;/p-2. The van der Waals surface area contributed by atoms with E-state index in [-0.39, 0.29) is 47.7 Å². The number of rotatable bonds is 14. The molecule has 30 nitrogen and oxygen atoms in total. The lowest BCUT2D eigenvalue weighted by atomic mass is 10.2. The molecule has 4 aliphatic heterocycles. The number of halogens is 2. The monoisotopic (exact) mass is 1800 g/mol. The van der Waals surface area contributed by atoms with E-state index in [0.717, 1.165) is 148 Å². The van der Waals surface area contributed by atoms with Gasteiger partial charge in [0.1, 0.15) is 33.6 Å². The summed E-state index contributed by atoms with van der Waals surface area (Å²) < 4.78 is 36.3. The number of carbonyl (C=O) groups excluding carboxylic acids is 6. The minimum atomic E-state index is -0.656. The molecule has 0 aromatic heterocycles. The summed E-state index contributed by atoms with van der Waals surface area (Å²) in [6.07, 6.45) is 7.49. The van der Waals surface area contributed by atoms with Gasteiger partial charge in [0.25, 0.3) is 0 Å². The maximum absolute atomic E-state index is 13.3. The van der Waals surface area contributed by atoms with Crippen LogP contribution < -0.4 is 71.9 Å². The summed E-state index contributed by atoms with van der Waals surface area (Å²) in [6.45, 7) is 84.5. The van der Waals surface area contributed by atoms with Gasteiger partial charge in [-0.25, -0.2) is 28.8 Å². The first-order valence-electron chi connectivity index (χ1n) is 46.1. The van der Waals surface area contributed by atoms with Crippen LogP contribution in [0.2, 0.25) is 0 Å². The van der Waals surface area contributed by atoms with Crippen LogP contribution >= 0.6 is 0 Å². The van der Waals surface area contributed by atoms with Crippen molar-refractivity contribution in [1.29, 1.82) is 0 Å². The molecule has 0 aromatic rings. The number of hydrogen-bond acceptors (Lipinski definition) is 22. The van der Waals surface area contributed by atoms with Crippen LogP contribution in [0.3, 0.4) is 0 Å². The Labute approximate surface area is 748 Å². The van der Waals surface area contributed by atoms with E-state index in [1.165, 1.54) is 82.4 Å². The van der Waals surface area contributed by atoms with Gasteiger partial charge in [0.15, 0.2) is 0 Å². The maximum Gasteiger partial charge on any atom is 0.410 e. The minimum absolute atomic E-state index is 0. The fourth-order valence-corrected chi connectivity index (χ4v) is 13.9. The number of nitrogens with zero attached hydrogens (tertiary/aromatic N) is 10. The average molecular weight is 1800 g/mol. The molecule has 32 heteroatoms. The molecule has 0 aliphatic carbocycles. The summed E-state index contributed by atoms with van der Waals surface area (Å²) >= 11 is 0. The Morgan fingerprint density at radius 3 is 0.692 bits per heavy atom. The van der Waals surface area contributed by atoms with Gasteiger partial charge in [-0.05, 0) is 283 Å². The van der Waals surface area contributed by atoms with Crippen LogP contribution in [0.1, 0.15) is 230 Å². The molecule has 0 radical (unpaired) electrons. The van der Waals surface area contributed by atoms with E-state index in [9.17, 15) is 28.8 Å². The van der Waals surface area contributed by atoms with E-state index >= 15 is 0 Å². The van der Waals surface area contributed by atoms with Crippen molar-refractivity contribution in [2.75, 3.05) is 275 Å². The second kappa shape index (κ2) is 64.6. The molecule has 4 aliphatic rings. The van der Waals surface area contributed by atoms with Crippen molar-refractivity contribution in [3.8, 4) is 0 Å². The van der Waals surface area contributed by atoms with E-state index < -0.39 is 51.9 Å². The van der Waals surface area contributed by atoms with Gasteiger partial charge in [0.2, 0.25) is 0 Å². The van der Waals surface area contributed by atoms with Gasteiger partial charge < -0.3 is 149 Å². The Balaban J connectivity index is 0. The average Bonchev–Trinajstić information content (AvgIpc) is 0.880. The Morgan fingerprint density at radius 1 is 0.242 bits per heavy atom. The minimum Gasteiger partial charge on any atom is -1.00 e. The van der Waals surface area contributed by atoms with Crippen LogP contribution in [0.15, 0.2) is 0 Å². The number of amides is 6. The molecule has 0 atom stereocenters. The predicted octanol–water partition coefficient (Wildman–Crippen LogP) is 4.41. The topological polar surface area (TPSA) is 280 Å². The molecule has 6 amide bonds. The molecular weight excluding hydrogens is 1620 g/mol. The zero-order valence-corrected chi connectivity index (χ0v) is 83.2. The third-order valence-electron chi connectivity index (χ3n) is 21.1. The van der Waals surface area contributed by atoms with Crippen LogP contribution in [0.5, 0.6) is 0 Å². The summed E-state index contributed by atoms with van der Waals surface area (Å²) in [4.78, 5) is 93.2. The van der Waals surface area contributed by atoms with Crippen molar-refractivity contribution in [3.05, 3.63) is 0 Å². The van der Waals surface area contributed by atoms with E-state index in [0.29, 0.717) is 117 Å². The van der Waals surface area contributed by atoms with Crippen LogP contribution in [0.4, 0.5) is 28.8 Å². The smallest absolute Gasteiger partial charge is 0.410 e. The molecule has 0 saturated carbocycles. The highest BCUT2D eigenvalue weighted by atomic mass is 79.9. The first kappa shape index (κ1) is 118. The molecule has 4 heterocycles. The number of carbonyl (C=O) groups is 6. The van der Waals surface area contributed by atoms with Crippen molar-refractivity contribution in [2.45, 2.75) is 264 Å². The molecule has 712 valence electrons. The van der Waals surface area contributed by atoms with Crippen LogP contribution in [0.25, 0.3) is 0 Å². The van der Waals surface area contributed by atoms with Gasteiger partial charge in [0, 0.05) is 170 Å². The fraction of sp³-hybridized carbons (Fsp3) is 0.932. The van der Waals surface area contributed by atoms with E-state index in [1.807, 2.05) is 125 Å². The van der Waals surface area contributed by atoms with Crippen molar-refractivity contribution in [2.24, 2.45) is 0 Å². The molecule has 8 N–H and O–H groups in total. The van der Waals surface area contributed by atoms with Gasteiger partial charge >= 0.3 is 36.6 Å². The highest BCUT2D eigenvalue weighted by Crippen LogP contribution is 2.20. The van der Waals surface area contributed by atoms with Gasteiger partial charge in [-0.15, -0.1) is 0 Å². The number of ether oxygens (including phenoxy) is 6. The summed E-state index contributed by atoms with van der Waals surface area (Å²) in [6, 6.07) is 0. The van der Waals surface area contributed by atoms with Gasteiger partial charge in [-0.2, -0.15) is 0 Å². The Morgan fingerprint density at radius 2 is 0.433 bits per heavy atom. The third-order valence-corrected chi connectivity index (χ3v) is 21.1. The normalized spacial score (nSPS) is 18.7. The van der Waals surface area contributed by atoms with Gasteiger partial charge in [-0.1, -0.05) is 0 Å². The Bertz CT molecular complexity index is 2560. The molecule has 4 saturated heterocycles. The maximum atomic E-state index is 13.3. The SMILES string of the molecule is C1CNCCNCCCNCCNC1.CC(C)(C)OC(=O)N1CCCN(C(=O)OC(C)(C)C)CCN(C(=O)OC(C)(C)C)CCCNCC1.CC[N+](CC)(CC)CCCN1CCCN(C(=O)OC(C)(C)C)CCN(C(=O)OC(C)(C)C)CCCN(C(=O)OC(C)(C)C)CC1.CC[N+](CC)(CC)CCCN1CCCNCCNCCCNCC1.[Br-].[Cl-]. The zero-order valence-electron chi connectivity index (χ0n) is 80.9. The van der Waals surface area contributed by atoms with E-state index in [2.05, 4.69) is 93.9 Å². The Kier molecular flexibility index (Phi) is 63.5. The first-order valence-corrected chi connectivity index (χ1v) is 46.1. The molecule has 4 rings (SSSR count). The van der Waals surface area contributed by atoms with Gasteiger partial charge in [0.05, 0.1) is 52.4 Å². The highest BCUT2D eigenvalue weighted by molar-refractivity contribution is 5.71. The summed E-state index contributed by atoms with van der Waals surface area (Å²) in [5.41, 5.74) is -3.72. The van der Waals surface area contributed by atoms with Crippen LogP contribution in [-0.2, 0) is 28.4 Å². The lowest BCUT2D eigenvalue weighted by Gasteiger charge is -2.37.